The van der Waals surface area contributed by atoms with Crippen LogP contribution >= 0.6 is 11.6 Å². The van der Waals surface area contributed by atoms with Crippen molar-refractivity contribution in [2.24, 2.45) is 7.05 Å². The van der Waals surface area contributed by atoms with Crippen LogP contribution in [0.25, 0.3) is 22.6 Å². The highest BCUT2D eigenvalue weighted by Crippen LogP contribution is 2.29. The molecule has 0 aliphatic rings. The molecule has 2 heterocycles. The van der Waals surface area contributed by atoms with Crippen LogP contribution in [-0.4, -0.2) is 14.5 Å². The molecule has 3 rings (SSSR count). The summed E-state index contributed by atoms with van der Waals surface area (Å²) in [6, 6.07) is 9.22. The average molecular weight is 259 g/mol. The molecule has 0 unspecified atom stereocenters. The predicted octanol–water partition coefficient (Wildman–Crippen LogP) is 2.87. The average Bonchev–Trinajstić information content (AvgIpc) is 2.71. The minimum Gasteiger partial charge on any atom is -0.398 e. The fourth-order valence-corrected chi connectivity index (χ4v) is 2.16. The number of benzene rings is 1. The van der Waals surface area contributed by atoms with Crippen LogP contribution in [0.3, 0.4) is 0 Å². The highest BCUT2D eigenvalue weighted by Gasteiger charge is 2.12. The normalized spacial score (nSPS) is 11.0. The summed E-state index contributed by atoms with van der Waals surface area (Å²) in [6.07, 6.45) is 1.72. The number of nitrogens with two attached hydrogens (primary N) is 1. The molecule has 18 heavy (non-hydrogen) atoms. The summed E-state index contributed by atoms with van der Waals surface area (Å²) in [5.74, 6) is 0.767. The van der Waals surface area contributed by atoms with Crippen LogP contribution < -0.4 is 5.73 Å². The lowest BCUT2D eigenvalue weighted by Gasteiger charge is -2.06. The lowest BCUT2D eigenvalue weighted by molar-refractivity contribution is 0.960. The fourth-order valence-electron chi connectivity index (χ4n) is 1.99. The van der Waals surface area contributed by atoms with Crippen molar-refractivity contribution in [2.45, 2.75) is 0 Å². The number of halogens is 1. The molecule has 0 spiro atoms. The van der Waals surface area contributed by atoms with Gasteiger partial charge in [-0.2, -0.15) is 0 Å². The molecule has 0 saturated heterocycles. The number of nitrogen functional groups attached to an aromatic ring is 1. The van der Waals surface area contributed by atoms with E-state index < -0.39 is 0 Å². The van der Waals surface area contributed by atoms with Crippen molar-refractivity contribution in [3.63, 3.8) is 0 Å². The number of rotatable bonds is 1. The van der Waals surface area contributed by atoms with Crippen LogP contribution in [0, 0.1) is 0 Å². The van der Waals surface area contributed by atoms with E-state index >= 15 is 0 Å². The van der Waals surface area contributed by atoms with Crippen molar-refractivity contribution in [3.8, 4) is 11.4 Å². The zero-order valence-corrected chi connectivity index (χ0v) is 10.5. The maximum absolute atomic E-state index is 6.01. The van der Waals surface area contributed by atoms with Crippen molar-refractivity contribution in [2.75, 3.05) is 5.73 Å². The largest absolute Gasteiger partial charge is 0.398 e. The van der Waals surface area contributed by atoms with Gasteiger partial charge in [-0.15, -0.1) is 0 Å². The van der Waals surface area contributed by atoms with Crippen molar-refractivity contribution < 1.29 is 0 Å². The maximum atomic E-state index is 6.01. The number of pyridine rings is 1. The lowest BCUT2D eigenvalue weighted by atomic mass is 10.1. The van der Waals surface area contributed by atoms with Crippen LogP contribution in [0.15, 0.2) is 36.5 Å². The minimum absolute atomic E-state index is 0.638. The van der Waals surface area contributed by atoms with Gasteiger partial charge in [-0.3, -0.25) is 0 Å². The van der Waals surface area contributed by atoms with Crippen LogP contribution in [-0.2, 0) is 7.05 Å². The monoisotopic (exact) mass is 258 g/mol. The zero-order chi connectivity index (χ0) is 12.7. The number of imidazole rings is 1. The SMILES string of the molecule is Cn1c(-c2cc(Cl)ccc2N)nc2ncccc21. The van der Waals surface area contributed by atoms with E-state index in [0.717, 1.165) is 16.9 Å². The van der Waals surface area contributed by atoms with Gasteiger partial charge in [0.15, 0.2) is 5.65 Å². The number of hydrogen-bond acceptors (Lipinski definition) is 3. The molecule has 2 N–H and O–H groups in total. The van der Waals surface area contributed by atoms with Crippen molar-refractivity contribution in [3.05, 3.63) is 41.6 Å². The molecule has 0 saturated carbocycles. The third-order valence-corrected chi connectivity index (χ3v) is 3.15. The Morgan fingerprint density at radius 3 is 2.89 bits per heavy atom. The van der Waals surface area contributed by atoms with Crippen LogP contribution in [0.2, 0.25) is 5.02 Å². The molecule has 0 fully saturated rings. The molecule has 0 radical (unpaired) electrons. The summed E-state index contributed by atoms with van der Waals surface area (Å²) in [5, 5.41) is 0.638. The van der Waals surface area contributed by atoms with Crippen LogP contribution in [0.5, 0.6) is 0 Å². The van der Waals surface area contributed by atoms with Crippen LogP contribution in [0.1, 0.15) is 0 Å². The lowest BCUT2D eigenvalue weighted by Crippen LogP contribution is -1.96. The smallest absolute Gasteiger partial charge is 0.178 e. The first-order valence-electron chi connectivity index (χ1n) is 5.49. The van der Waals surface area contributed by atoms with E-state index in [2.05, 4.69) is 9.97 Å². The van der Waals surface area contributed by atoms with Gasteiger partial charge in [0, 0.05) is 29.5 Å². The van der Waals surface area contributed by atoms with Gasteiger partial charge in [-0.05, 0) is 30.3 Å². The Labute approximate surface area is 109 Å². The highest BCUT2D eigenvalue weighted by atomic mass is 35.5. The van der Waals surface area contributed by atoms with E-state index in [1.807, 2.05) is 29.8 Å². The second-order valence-electron chi connectivity index (χ2n) is 4.07. The van der Waals surface area contributed by atoms with E-state index in [0.29, 0.717) is 16.4 Å². The Morgan fingerprint density at radius 2 is 2.11 bits per heavy atom. The van der Waals surface area contributed by atoms with Gasteiger partial charge >= 0.3 is 0 Å². The maximum Gasteiger partial charge on any atom is 0.178 e. The molecule has 4 nitrogen and oxygen atoms in total. The molecule has 1 aromatic carbocycles. The molecule has 0 aliphatic heterocycles. The fraction of sp³-hybridized carbons (Fsp3) is 0.0769. The van der Waals surface area contributed by atoms with Gasteiger partial charge in [-0.25, -0.2) is 9.97 Å². The Bertz CT molecular complexity index is 733. The Kier molecular flexibility index (Phi) is 2.45. The van der Waals surface area contributed by atoms with Gasteiger partial charge < -0.3 is 10.3 Å². The molecule has 5 heteroatoms. The zero-order valence-electron chi connectivity index (χ0n) is 9.76. The first-order valence-corrected chi connectivity index (χ1v) is 5.87. The highest BCUT2D eigenvalue weighted by molar-refractivity contribution is 6.31. The number of aromatic nitrogens is 3. The molecular weight excluding hydrogens is 248 g/mol. The van der Waals surface area contributed by atoms with Crippen molar-refractivity contribution in [1.29, 1.82) is 0 Å². The van der Waals surface area contributed by atoms with Gasteiger partial charge in [0.1, 0.15) is 5.82 Å². The molecule has 0 amide bonds. The first-order chi connectivity index (χ1) is 8.66. The Morgan fingerprint density at radius 1 is 1.28 bits per heavy atom. The third-order valence-electron chi connectivity index (χ3n) is 2.91. The number of nitrogens with zero attached hydrogens (tertiary/aromatic N) is 3. The van der Waals surface area contributed by atoms with E-state index in [1.165, 1.54) is 0 Å². The van der Waals surface area contributed by atoms with Gasteiger partial charge in [0.25, 0.3) is 0 Å². The molecule has 2 aromatic heterocycles. The predicted molar refractivity (Wildman–Crippen MR) is 73.4 cm³/mol. The van der Waals surface area contributed by atoms with Crippen LogP contribution in [0.4, 0.5) is 5.69 Å². The summed E-state index contributed by atoms with van der Waals surface area (Å²) in [5.41, 5.74) is 9.12. The third kappa shape index (κ3) is 1.62. The second kappa shape index (κ2) is 3.99. The molecule has 0 aliphatic carbocycles. The minimum atomic E-state index is 0.638. The van der Waals surface area contributed by atoms with Gasteiger partial charge in [-0.1, -0.05) is 11.6 Å². The number of hydrogen-bond donors (Lipinski definition) is 1. The number of aryl methyl sites for hydroxylation is 1. The molecular formula is C13H11ClN4. The topological polar surface area (TPSA) is 56.7 Å². The Hall–Kier alpha value is -2.07. The van der Waals surface area contributed by atoms with Gasteiger partial charge in [0.2, 0.25) is 0 Å². The summed E-state index contributed by atoms with van der Waals surface area (Å²) in [6.45, 7) is 0. The standard InChI is InChI=1S/C13H11ClN4/c1-18-11-3-2-6-16-12(11)17-13(18)9-7-8(14)4-5-10(9)15/h2-7H,15H2,1H3. The summed E-state index contributed by atoms with van der Waals surface area (Å²) < 4.78 is 1.96. The van der Waals surface area contributed by atoms with E-state index in [4.69, 9.17) is 17.3 Å². The van der Waals surface area contributed by atoms with Crippen molar-refractivity contribution >= 4 is 28.5 Å². The summed E-state index contributed by atoms with van der Waals surface area (Å²) in [7, 11) is 1.94. The van der Waals surface area contributed by atoms with E-state index in [-0.39, 0.29) is 0 Å². The molecule has 0 bridgehead atoms. The summed E-state index contributed by atoms with van der Waals surface area (Å²) in [4.78, 5) is 8.73. The van der Waals surface area contributed by atoms with Gasteiger partial charge in [0.05, 0.1) is 5.52 Å². The van der Waals surface area contributed by atoms with E-state index in [1.54, 1.807) is 18.3 Å². The second-order valence-corrected chi connectivity index (χ2v) is 4.51. The van der Waals surface area contributed by atoms with Crippen molar-refractivity contribution in [1.82, 2.24) is 14.5 Å². The molecule has 0 atom stereocenters. The number of anilines is 1. The summed E-state index contributed by atoms with van der Waals surface area (Å²) >= 11 is 6.01. The van der Waals surface area contributed by atoms with E-state index in [9.17, 15) is 0 Å². The Balaban J connectivity index is 2.31. The quantitative estimate of drug-likeness (QED) is 0.683. The first kappa shape index (κ1) is 11.0. The molecule has 3 aromatic rings. The molecule has 90 valence electrons. The number of fused-ring (bicyclic) bond motifs is 1.